The van der Waals surface area contributed by atoms with Gasteiger partial charge in [0.15, 0.2) is 5.82 Å². The van der Waals surface area contributed by atoms with Crippen molar-refractivity contribution in [1.29, 1.82) is 0 Å². The molecule has 19 heavy (non-hydrogen) atoms. The first-order valence-electron chi connectivity index (χ1n) is 6.40. The lowest BCUT2D eigenvalue weighted by Gasteiger charge is -2.27. The third-order valence-electron chi connectivity index (χ3n) is 3.33. The van der Waals surface area contributed by atoms with Gasteiger partial charge >= 0.3 is 0 Å². The number of hydrogen-bond acceptors (Lipinski definition) is 6. The van der Waals surface area contributed by atoms with Gasteiger partial charge in [-0.25, -0.2) is 15.8 Å². The number of carbonyl (C=O) groups is 1. The van der Waals surface area contributed by atoms with E-state index in [-0.39, 0.29) is 11.9 Å². The average molecular weight is 264 g/mol. The molecule has 1 saturated heterocycles. The second-order valence-corrected chi connectivity index (χ2v) is 4.89. The highest BCUT2D eigenvalue weighted by Crippen LogP contribution is 2.12. The summed E-state index contributed by atoms with van der Waals surface area (Å²) in [5.41, 5.74) is 2.75. The Morgan fingerprint density at radius 3 is 2.84 bits per heavy atom. The maximum atomic E-state index is 12.4. The van der Waals surface area contributed by atoms with Crippen LogP contribution in [0, 0.1) is 0 Å². The molecule has 0 aliphatic carbocycles. The van der Waals surface area contributed by atoms with Crippen LogP contribution in [0.25, 0.3) is 0 Å². The predicted octanol–water partition coefficient (Wildman–Crippen LogP) is -0.0716. The molecule has 1 fully saturated rings. The molecule has 7 heteroatoms. The zero-order chi connectivity index (χ0) is 13.8. The average Bonchev–Trinajstić information content (AvgIpc) is 2.58. The molecule has 1 aromatic heterocycles. The first-order chi connectivity index (χ1) is 9.11. The molecule has 2 rings (SSSR count). The van der Waals surface area contributed by atoms with E-state index in [1.165, 1.54) is 12.4 Å². The Morgan fingerprint density at radius 2 is 2.21 bits per heavy atom. The van der Waals surface area contributed by atoms with E-state index in [4.69, 9.17) is 5.84 Å². The molecule has 0 bridgehead atoms. The molecule has 1 amide bonds. The van der Waals surface area contributed by atoms with Gasteiger partial charge in [0, 0.05) is 19.1 Å². The Balaban J connectivity index is 2.12. The Bertz CT molecular complexity index is 434. The highest BCUT2D eigenvalue weighted by Gasteiger charge is 2.25. The smallest absolute Gasteiger partial charge is 0.274 e. The number of anilines is 1. The number of amides is 1. The number of likely N-dealkylation sites (N-methyl/N-ethyl adjacent to an activating group) is 1. The summed E-state index contributed by atoms with van der Waals surface area (Å²) in [6.45, 7) is 4.70. The van der Waals surface area contributed by atoms with Gasteiger partial charge in [-0.2, -0.15) is 0 Å². The minimum atomic E-state index is -0.0705. The number of nitrogen functional groups attached to an aromatic ring is 1. The van der Waals surface area contributed by atoms with Crippen LogP contribution < -0.4 is 11.3 Å². The second kappa shape index (κ2) is 5.94. The fourth-order valence-corrected chi connectivity index (χ4v) is 2.33. The van der Waals surface area contributed by atoms with Gasteiger partial charge in [0.05, 0.1) is 12.4 Å². The van der Waals surface area contributed by atoms with Crippen molar-refractivity contribution in [1.82, 2.24) is 19.8 Å². The number of rotatable bonds is 2. The van der Waals surface area contributed by atoms with Gasteiger partial charge < -0.3 is 15.2 Å². The van der Waals surface area contributed by atoms with Crippen molar-refractivity contribution in [2.75, 3.05) is 32.1 Å². The van der Waals surface area contributed by atoms with Gasteiger partial charge in [0.1, 0.15) is 5.69 Å². The van der Waals surface area contributed by atoms with Crippen molar-refractivity contribution in [2.24, 2.45) is 5.84 Å². The first-order valence-corrected chi connectivity index (χ1v) is 6.40. The van der Waals surface area contributed by atoms with Crippen LogP contribution in [0.1, 0.15) is 23.8 Å². The van der Waals surface area contributed by atoms with Gasteiger partial charge in [0.2, 0.25) is 0 Å². The van der Waals surface area contributed by atoms with Crippen molar-refractivity contribution >= 4 is 11.7 Å². The quantitative estimate of drug-likeness (QED) is 0.574. The molecule has 0 saturated carbocycles. The van der Waals surface area contributed by atoms with E-state index < -0.39 is 0 Å². The maximum absolute atomic E-state index is 12.4. The summed E-state index contributed by atoms with van der Waals surface area (Å²) in [6.07, 6.45) is 3.89. The summed E-state index contributed by atoms with van der Waals surface area (Å²) in [7, 11) is 2.08. The lowest BCUT2D eigenvalue weighted by molar-refractivity contribution is 0.0690. The molecule has 1 atom stereocenters. The fourth-order valence-electron chi connectivity index (χ4n) is 2.33. The van der Waals surface area contributed by atoms with E-state index in [2.05, 4.69) is 34.3 Å². The minimum Gasteiger partial charge on any atom is -0.333 e. The molecule has 0 spiro atoms. The van der Waals surface area contributed by atoms with Crippen LogP contribution >= 0.6 is 0 Å². The number of hydrogen-bond donors (Lipinski definition) is 2. The maximum Gasteiger partial charge on any atom is 0.274 e. The number of hydrazine groups is 1. The van der Waals surface area contributed by atoms with E-state index in [1.807, 2.05) is 4.90 Å². The molecule has 1 aliphatic rings. The monoisotopic (exact) mass is 264 g/mol. The Morgan fingerprint density at radius 1 is 1.42 bits per heavy atom. The Labute approximate surface area is 112 Å². The SMILES string of the molecule is CC1CN(C)CCCN1C(=O)c1cnc(NN)cn1. The third kappa shape index (κ3) is 3.18. The summed E-state index contributed by atoms with van der Waals surface area (Å²) in [6, 6.07) is 0.175. The lowest BCUT2D eigenvalue weighted by atomic mass is 10.2. The molecule has 2 heterocycles. The number of nitrogens with zero attached hydrogens (tertiary/aromatic N) is 4. The zero-order valence-corrected chi connectivity index (χ0v) is 11.3. The molecular weight excluding hydrogens is 244 g/mol. The van der Waals surface area contributed by atoms with Crippen molar-refractivity contribution in [2.45, 2.75) is 19.4 Å². The van der Waals surface area contributed by atoms with E-state index >= 15 is 0 Å². The summed E-state index contributed by atoms with van der Waals surface area (Å²) in [5.74, 6) is 5.60. The van der Waals surface area contributed by atoms with Gasteiger partial charge in [-0.15, -0.1) is 0 Å². The molecule has 7 nitrogen and oxygen atoms in total. The lowest BCUT2D eigenvalue weighted by Crippen LogP contribution is -2.42. The summed E-state index contributed by atoms with van der Waals surface area (Å²) >= 11 is 0. The van der Waals surface area contributed by atoms with Gasteiger partial charge in [-0.3, -0.25) is 4.79 Å². The summed E-state index contributed by atoms with van der Waals surface area (Å²) < 4.78 is 0. The predicted molar refractivity (Wildman–Crippen MR) is 72.5 cm³/mol. The molecular formula is C12H20N6O. The van der Waals surface area contributed by atoms with Gasteiger partial charge in [-0.05, 0) is 26.9 Å². The molecule has 104 valence electrons. The van der Waals surface area contributed by atoms with Crippen LogP contribution in [0.15, 0.2) is 12.4 Å². The number of nitrogens with one attached hydrogen (secondary N) is 1. The van der Waals surface area contributed by atoms with Crippen LogP contribution in [0.4, 0.5) is 5.82 Å². The van der Waals surface area contributed by atoms with E-state index in [9.17, 15) is 4.79 Å². The molecule has 0 aromatic carbocycles. The Kier molecular flexibility index (Phi) is 4.28. The summed E-state index contributed by atoms with van der Waals surface area (Å²) in [5, 5.41) is 0. The van der Waals surface area contributed by atoms with E-state index in [0.717, 1.165) is 26.1 Å². The first kappa shape index (κ1) is 13.7. The number of nitrogens with two attached hydrogens (primary N) is 1. The van der Waals surface area contributed by atoms with Crippen LogP contribution in [-0.4, -0.2) is 58.4 Å². The van der Waals surface area contributed by atoms with Crippen molar-refractivity contribution < 1.29 is 4.79 Å². The summed E-state index contributed by atoms with van der Waals surface area (Å²) in [4.78, 5) is 24.6. The second-order valence-electron chi connectivity index (χ2n) is 4.89. The molecule has 1 aliphatic heterocycles. The van der Waals surface area contributed by atoms with Crippen molar-refractivity contribution in [3.63, 3.8) is 0 Å². The molecule has 1 aromatic rings. The highest BCUT2D eigenvalue weighted by atomic mass is 16.2. The van der Waals surface area contributed by atoms with Crippen LogP contribution in [0.3, 0.4) is 0 Å². The van der Waals surface area contributed by atoms with Crippen LogP contribution in [0.5, 0.6) is 0 Å². The minimum absolute atomic E-state index is 0.0705. The van der Waals surface area contributed by atoms with Crippen LogP contribution in [-0.2, 0) is 0 Å². The fraction of sp³-hybridized carbons (Fsp3) is 0.583. The number of carbonyl (C=O) groups excluding carboxylic acids is 1. The van der Waals surface area contributed by atoms with Crippen molar-refractivity contribution in [3.05, 3.63) is 18.1 Å². The molecule has 1 unspecified atom stereocenters. The van der Waals surface area contributed by atoms with E-state index in [1.54, 1.807) is 0 Å². The molecule has 0 radical (unpaired) electrons. The molecule has 3 N–H and O–H groups in total. The van der Waals surface area contributed by atoms with Crippen molar-refractivity contribution in [3.8, 4) is 0 Å². The Hall–Kier alpha value is -1.73. The normalized spacial score (nSPS) is 21.0. The van der Waals surface area contributed by atoms with E-state index in [0.29, 0.717) is 11.5 Å². The zero-order valence-electron chi connectivity index (χ0n) is 11.3. The standard InChI is InChI=1S/C12H20N6O/c1-9-8-17(2)4-3-5-18(9)12(19)10-6-15-11(16-13)7-14-10/h6-7,9H,3-5,8,13H2,1-2H3,(H,15,16). The highest BCUT2D eigenvalue weighted by molar-refractivity contribution is 5.92. The van der Waals surface area contributed by atoms with Gasteiger partial charge in [0.25, 0.3) is 5.91 Å². The third-order valence-corrected chi connectivity index (χ3v) is 3.33. The largest absolute Gasteiger partial charge is 0.333 e. The topological polar surface area (TPSA) is 87.4 Å². The van der Waals surface area contributed by atoms with Gasteiger partial charge in [-0.1, -0.05) is 0 Å². The number of aromatic nitrogens is 2. The van der Waals surface area contributed by atoms with Crippen LogP contribution in [0.2, 0.25) is 0 Å².